The van der Waals surface area contributed by atoms with Crippen molar-refractivity contribution in [3.8, 4) is 16.9 Å². The van der Waals surface area contributed by atoms with Gasteiger partial charge in [-0.2, -0.15) is 0 Å². The second-order valence-electron chi connectivity index (χ2n) is 7.68. The molecule has 25 heavy (non-hydrogen) atoms. The number of ether oxygens (including phenoxy) is 1. The molecule has 0 unspecified atom stereocenters. The SMILES string of the molecule is Cc1cnccc1-c1ccc2c(c1)C(N1CCCCC1)=CC(C)(C)O2. The Morgan fingerprint density at radius 2 is 1.84 bits per heavy atom. The van der Waals surface area contributed by atoms with Gasteiger partial charge in [0.2, 0.25) is 0 Å². The standard InChI is InChI=1S/C22H26N2O/c1-16-15-23-10-9-18(16)17-7-8-21-19(13-17)20(14-22(2,3)25-21)24-11-5-4-6-12-24/h7-10,13-15H,4-6,11-12H2,1-3H3. The van der Waals surface area contributed by atoms with Crippen molar-refractivity contribution in [2.45, 2.75) is 45.6 Å². The van der Waals surface area contributed by atoms with Crippen molar-refractivity contribution < 1.29 is 4.74 Å². The van der Waals surface area contributed by atoms with Crippen molar-refractivity contribution in [2.24, 2.45) is 0 Å². The molecule has 0 aliphatic carbocycles. The molecule has 0 radical (unpaired) electrons. The second-order valence-corrected chi connectivity index (χ2v) is 7.68. The van der Waals surface area contributed by atoms with Gasteiger partial charge in [-0.15, -0.1) is 0 Å². The van der Waals surface area contributed by atoms with Gasteiger partial charge in [0.1, 0.15) is 11.4 Å². The predicted molar refractivity (Wildman–Crippen MR) is 103 cm³/mol. The molecule has 1 saturated heterocycles. The van der Waals surface area contributed by atoms with Crippen LogP contribution in [0.5, 0.6) is 5.75 Å². The molecule has 3 nitrogen and oxygen atoms in total. The van der Waals surface area contributed by atoms with E-state index < -0.39 is 0 Å². The molecule has 0 amide bonds. The van der Waals surface area contributed by atoms with E-state index in [9.17, 15) is 0 Å². The number of likely N-dealkylation sites (tertiary alicyclic amines) is 1. The van der Waals surface area contributed by atoms with E-state index in [0.717, 1.165) is 18.8 Å². The highest BCUT2D eigenvalue weighted by Crippen LogP contribution is 2.41. The smallest absolute Gasteiger partial charge is 0.129 e. The minimum absolute atomic E-state index is 0.270. The number of benzene rings is 1. The molecule has 0 bridgehead atoms. The first-order chi connectivity index (χ1) is 12.0. The fraction of sp³-hybridized carbons (Fsp3) is 0.409. The van der Waals surface area contributed by atoms with E-state index in [2.05, 4.69) is 61.0 Å². The lowest BCUT2D eigenvalue weighted by atomic mass is 9.93. The maximum Gasteiger partial charge on any atom is 0.129 e. The largest absolute Gasteiger partial charge is 0.483 e. The second kappa shape index (κ2) is 6.21. The first-order valence-corrected chi connectivity index (χ1v) is 9.26. The summed E-state index contributed by atoms with van der Waals surface area (Å²) in [6.45, 7) is 8.67. The van der Waals surface area contributed by atoms with Crippen molar-refractivity contribution >= 4 is 5.70 Å². The Kier molecular flexibility index (Phi) is 4.03. The van der Waals surface area contributed by atoms with Gasteiger partial charge in [-0.25, -0.2) is 0 Å². The minimum Gasteiger partial charge on any atom is -0.483 e. The monoisotopic (exact) mass is 334 g/mol. The molecule has 3 heterocycles. The summed E-state index contributed by atoms with van der Waals surface area (Å²) in [6, 6.07) is 8.67. The van der Waals surface area contributed by atoms with Gasteiger partial charge >= 0.3 is 0 Å². The number of nitrogens with zero attached hydrogens (tertiary/aromatic N) is 2. The molecule has 0 N–H and O–H groups in total. The van der Waals surface area contributed by atoms with Crippen molar-refractivity contribution in [3.63, 3.8) is 0 Å². The fourth-order valence-corrected chi connectivity index (χ4v) is 3.90. The Morgan fingerprint density at radius 1 is 1.04 bits per heavy atom. The lowest BCUT2D eigenvalue weighted by molar-refractivity contribution is 0.153. The van der Waals surface area contributed by atoms with Crippen LogP contribution in [0.15, 0.2) is 42.7 Å². The van der Waals surface area contributed by atoms with Crippen LogP contribution in [0.2, 0.25) is 0 Å². The molecule has 0 spiro atoms. The number of pyridine rings is 1. The van der Waals surface area contributed by atoms with E-state index in [1.165, 1.54) is 47.2 Å². The molecule has 3 heteroatoms. The minimum atomic E-state index is -0.270. The number of hydrogen-bond donors (Lipinski definition) is 0. The van der Waals surface area contributed by atoms with Crippen LogP contribution in [0.25, 0.3) is 16.8 Å². The molecule has 1 fully saturated rings. The summed E-state index contributed by atoms with van der Waals surface area (Å²) in [6.07, 6.45) is 9.98. The highest BCUT2D eigenvalue weighted by atomic mass is 16.5. The van der Waals surface area contributed by atoms with Gasteiger partial charge in [-0.1, -0.05) is 6.07 Å². The molecular formula is C22H26N2O. The maximum absolute atomic E-state index is 6.25. The fourth-order valence-electron chi connectivity index (χ4n) is 3.90. The van der Waals surface area contributed by atoms with Crippen LogP contribution >= 0.6 is 0 Å². The first kappa shape index (κ1) is 16.2. The summed E-state index contributed by atoms with van der Waals surface area (Å²) in [5.41, 5.74) is 5.94. The highest BCUT2D eigenvalue weighted by Gasteiger charge is 2.30. The topological polar surface area (TPSA) is 25.4 Å². The molecule has 0 saturated carbocycles. The third-order valence-electron chi connectivity index (χ3n) is 5.14. The van der Waals surface area contributed by atoms with Crippen molar-refractivity contribution in [1.29, 1.82) is 0 Å². The Hall–Kier alpha value is -2.29. The summed E-state index contributed by atoms with van der Waals surface area (Å²) in [4.78, 5) is 6.76. The zero-order valence-electron chi connectivity index (χ0n) is 15.4. The molecule has 0 atom stereocenters. The van der Waals surface area contributed by atoms with E-state index in [0.29, 0.717) is 0 Å². The van der Waals surface area contributed by atoms with Gasteiger partial charge in [-0.05, 0) is 81.0 Å². The van der Waals surface area contributed by atoms with Crippen LogP contribution in [0.1, 0.15) is 44.2 Å². The van der Waals surface area contributed by atoms with E-state index in [-0.39, 0.29) is 5.60 Å². The normalized spacial score (nSPS) is 19.0. The summed E-state index contributed by atoms with van der Waals surface area (Å²) < 4.78 is 6.25. The summed E-state index contributed by atoms with van der Waals surface area (Å²) >= 11 is 0. The van der Waals surface area contributed by atoms with Gasteiger partial charge < -0.3 is 9.64 Å². The molecular weight excluding hydrogens is 308 g/mol. The van der Waals surface area contributed by atoms with Crippen molar-refractivity contribution in [3.05, 3.63) is 53.9 Å². The quantitative estimate of drug-likeness (QED) is 0.768. The zero-order chi connectivity index (χ0) is 17.4. The number of hydrogen-bond acceptors (Lipinski definition) is 3. The number of rotatable bonds is 2. The van der Waals surface area contributed by atoms with Crippen LogP contribution in [-0.4, -0.2) is 28.6 Å². The summed E-state index contributed by atoms with van der Waals surface area (Å²) in [5, 5.41) is 0. The maximum atomic E-state index is 6.25. The Labute approximate surface area is 150 Å². The van der Waals surface area contributed by atoms with Crippen LogP contribution in [0.3, 0.4) is 0 Å². The molecule has 4 rings (SSSR count). The number of fused-ring (bicyclic) bond motifs is 1. The van der Waals surface area contributed by atoms with Crippen LogP contribution in [0, 0.1) is 6.92 Å². The number of piperidine rings is 1. The van der Waals surface area contributed by atoms with Crippen LogP contribution < -0.4 is 4.74 Å². The lowest BCUT2D eigenvalue weighted by Gasteiger charge is -2.38. The molecule has 2 aliphatic heterocycles. The third kappa shape index (κ3) is 3.15. The Morgan fingerprint density at radius 3 is 2.60 bits per heavy atom. The summed E-state index contributed by atoms with van der Waals surface area (Å²) in [5.74, 6) is 0.989. The van der Waals surface area contributed by atoms with E-state index in [1.807, 2.05) is 12.4 Å². The van der Waals surface area contributed by atoms with Crippen molar-refractivity contribution in [2.75, 3.05) is 13.1 Å². The van der Waals surface area contributed by atoms with Crippen LogP contribution in [0.4, 0.5) is 0 Å². The molecule has 2 aromatic rings. The van der Waals surface area contributed by atoms with E-state index >= 15 is 0 Å². The van der Waals surface area contributed by atoms with Crippen molar-refractivity contribution in [1.82, 2.24) is 9.88 Å². The predicted octanol–water partition coefficient (Wildman–Crippen LogP) is 5.05. The zero-order valence-corrected chi connectivity index (χ0v) is 15.4. The molecule has 1 aromatic heterocycles. The van der Waals surface area contributed by atoms with E-state index in [4.69, 9.17) is 4.74 Å². The van der Waals surface area contributed by atoms with Gasteiger partial charge in [0.05, 0.1) is 0 Å². The van der Waals surface area contributed by atoms with Gasteiger partial charge in [-0.3, -0.25) is 4.98 Å². The average Bonchev–Trinajstić information content (AvgIpc) is 2.61. The number of aryl methyl sites for hydroxylation is 1. The summed E-state index contributed by atoms with van der Waals surface area (Å²) in [7, 11) is 0. The Balaban J connectivity index is 1.80. The molecule has 1 aromatic carbocycles. The van der Waals surface area contributed by atoms with Gasteiger partial charge in [0.25, 0.3) is 0 Å². The van der Waals surface area contributed by atoms with Crippen LogP contribution in [-0.2, 0) is 0 Å². The number of aromatic nitrogens is 1. The van der Waals surface area contributed by atoms with Gasteiger partial charge in [0.15, 0.2) is 0 Å². The average molecular weight is 334 g/mol. The molecule has 130 valence electrons. The highest BCUT2D eigenvalue weighted by molar-refractivity contribution is 5.78. The molecule has 2 aliphatic rings. The lowest BCUT2D eigenvalue weighted by Crippen LogP contribution is -2.35. The van der Waals surface area contributed by atoms with Gasteiger partial charge in [0, 0.05) is 36.7 Å². The van der Waals surface area contributed by atoms with E-state index in [1.54, 1.807) is 0 Å². The Bertz CT molecular complexity index is 817. The third-order valence-corrected chi connectivity index (χ3v) is 5.14. The first-order valence-electron chi connectivity index (χ1n) is 9.26.